The van der Waals surface area contributed by atoms with E-state index in [2.05, 4.69) is 33.9 Å². The van der Waals surface area contributed by atoms with Gasteiger partial charge in [0.15, 0.2) is 0 Å². The lowest BCUT2D eigenvalue weighted by Crippen LogP contribution is -2.61. The van der Waals surface area contributed by atoms with E-state index in [0.717, 1.165) is 47.6 Å². The van der Waals surface area contributed by atoms with Gasteiger partial charge in [-0.05, 0) is 99.2 Å². The Morgan fingerprint density at radius 3 is 2.46 bits per heavy atom. The standard InChI is InChI=1S/C50H55FN10O6/c1-29-26-61(46(63)32-9-13-42(66-4)41(23-32)59-21-17-43(62)55-49(59)65)30(2)25-60(29)35-15-19-58(20-16-35)48-54-40-12-8-31(39-27-57(3)47(64)44-37(39)14-18-53-44)22-38(40)45(56-48)50(28-52,67-36-10-11-36)33-6-5-7-34(51)24-33/h5-9,12-14,18,22-24,27,29-30,35-36,53H,10-11,15-17,19-21,25-26,28,52H2,1-4H3,(H,55,62,65)/t29-,30+,50?/m0/s1. The van der Waals surface area contributed by atoms with Gasteiger partial charge in [-0.1, -0.05) is 18.2 Å². The molecular formula is C50H55FN10O6. The van der Waals surface area contributed by atoms with E-state index in [0.29, 0.717) is 71.4 Å². The highest BCUT2D eigenvalue weighted by atomic mass is 19.1. The van der Waals surface area contributed by atoms with Gasteiger partial charge in [0.25, 0.3) is 11.5 Å². The Balaban J connectivity index is 0.924. The third-order valence-electron chi connectivity index (χ3n) is 14.0. The van der Waals surface area contributed by atoms with Crippen molar-refractivity contribution in [2.75, 3.05) is 56.2 Å². The monoisotopic (exact) mass is 910 g/mol. The number of rotatable bonds is 11. The number of carbonyl (C=O) groups excluding carboxylic acids is 3. The molecule has 10 rings (SSSR count). The quantitative estimate of drug-likeness (QED) is 0.146. The number of benzene rings is 3. The normalized spacial score (nSPS) is 20.7. The average Bonchev–Trinajstić information content (AvgIpc) is 4.02. The van der Waals surface area contributed by atoms with Gasteiger partial charge in [0.1, 0.15) is 22.7 Å². The molecule has 4 aliphatic rings. The van der Waals surface area contributed by atoms with Gasteiger partial charge in [0, 0.05) is 105 Å². The van der Waals surface area contributed by atoms with Crippen LogP contribution in [0.1, 0.15) is 67.6 Å². The topological polar surface area (TPSA) is 184 Å². The van der Waals surface area contributed by atoms with Gasteiger partial charge in [-0.2, -0.15) is 0 Å². The zero-order chi connectivity index (χ0) is 46.7. The number of H-pyrrole nitrogens is 1. The number of carbonyl (C=O) groups is 3. The van der Waals surface area contributed by atoms with Gasteiger partial charge in [-0.3, -0.25) is 29.5 Å². The van der Waals surface area contributed by atoms with E-state index in [1.54, 1.807) is 42.1 Å². The summed E-state index contributed by atoms with van der Waals surface area (Å²) in [7, 11) is 3.24. The van der Waals surface area contributed by atoms with Crippen molar-refractivity contribution in [3.63, 3.8) is 0 Å². The number of methoxy groups -OCH3 is 1. The minimum Gasteiger partial charge on any atom is -0.495 e. The molecule has 4 amide bonds. The first-order valence-electron chi connectivity index (χ1n) is 23.1. The molecule has 1 unspecified atom stereocenters. The van der Waals surface area contributed by atoms with E-state index in [-0.39, 0.29) is 61.1 Å². The van der Waals surface area contributed by atoms with Gasteiger partial charge < -0.3 is 34.6 Å². The average molecular weight is 911 g/mol. The predicted molar refractivity (Wildman–Crippen MR) is 253 cm³/mol. The van der Waals surface area contributed by atoms with Crippen LogP contribution in [0.4, 0.5) is 20.8 Å². The maximum atomic E-state index is 15.1. The molecular weight excluding hydrogens is 856 g/mol. The van der Waals surface area contributed by atoms with Gasteiger partial charge >= 0.3 is 6.03 Å². The lowest BCUT2D eigenvalue weighted by molar-refractivity contribution is -0.120. The van der Waals surface area contributed by atoms with Crippen LogP contribution in [0.2, 0.25) is 0 Å². The number of urea groups is 1. The maximum absolute atomic E-state index is 15.1. The number of aryl methyl sites for hydroxylation is 1. The number of amides is 4. The molecule has 3 saturated heterocycles. The molecule has 4 fully saturated rings. The SMILES string of the molecule is COc1ccc(C(=O)N2C[C@H](C)N(C3CCN(c4nc(C(CN)(OC5CC5)c5cccc(F)c5)c5cc(-c6cn(C)c(=O)c7[nH]ccc67)ccc5n4)CC3)C[C@H]2C)cc1N1CCC(=O)NC1=O. The number of aromatic nitrogens is 4. The Hall–Kier alpha value is -6.69. The highest BCUT2D eigenvalue weighted by molar-refractivity contribution is 6.07. The van der Waals surface area contributed by atoms with Crippen LogP contribution < -0.4 is 31.1 Å². The largest absolute Gasteiger partial charge is 0.495 e. The Morgan fingerprint density at radius 2 is 1.73 bits per heavy atom. The van der Waals surface area contributed by atoms with E-state index in [1.807, 2.05) is 41.4 Å². The van der Waals surface area contributed by atoms with Crippen molar-refractivity contribution >= 4 is 51.3 Å². The number of pyridine rings is 1. The van der Waals surface area contributed by atoms with Crippen LogP contribution in [0.25, 0.3) is 32.9 Å². The number of imide groups is 1. The molecule has 6 heterocycles. The van der Waals surface area contributed by atoms with Gasteiger partial charge in [0.2, 0.25) is 11.9 Å². The van der Waals surface area contributed by atoms with Crippen molar-refractivity contribution in [2.24, 2.45) is 12.8 Å². The Kier molecular flexibility index (Phi) is 11.5. The molecule has 1 saturated carbocycles. The van der Waals surface area contributed by atoms with Crippen molar-refractivity contribution in [2.45, 2.75) is 75.8 Å². The number of anilines is 2. The summed E-state index contributed by atoms with van der Waals surface area (Å²) >= 11 is 0. The molecule has 4 N–H and O–H groups in total. The molecule has 16 nitrogen and oxygen atoms in total. The summed E-state index contributed by atoms with van der Waals surface area (Å²) in [6.45, 7) is 7.00. The third kappa shape index (κ3) is 8.08. The molecule has 3 atom stereocenters. The Bertz CT molecular complexity index is 2980. The zero-order valence-corrected chi connectivity index (χ0v) is 38.1. The van der Waals surface area contributed by atoms with Crippen molar-refractivity contribution in [3.05, 3.63) is 112 Å². The maximum Gasteiger partial charge on any atom is 0.328 e. The van der Waals surface area contributed by atoms with E-state index in [4.69, 9.17) is 25.2 Å². The van der Waals surface area contributed by atoms with Crippen LogP contribution in [0, 0.1) is 5.82 Å². The number of halogens is 1. The second-order valence-corrected chi connectivity index (χ2v) is 18.4. The van der Waals surface area contributed by atoms with Crippen molar-refractivity contribution in [1.29, 1.82) is 0 Å². The molecule has 3 aromatic carbocycles. The summed E-state index contributed by atoms with van der Waals surface area (Å²) < 4.78 is 29.2. The van der Waals surface area contributed by atoms with Gasteiger partial charge in [-0.25, -0.2) is 19.2 Å². The molecule has 1 aliphatic carbocycles. The van der Waals surface area contributed by atoms with Crippen LogP contribution in [0.15, 0.2) is 83.9 Å². The van der Waals surface area contributed by atoms with Crippen LogP contribution in [-0.2, 0) is 22.2 Å². The Labute approximate surface area is 386 Å². The summed E-state index contributed by atoms with van der Waals surface area (Å²) in [5, 5.41) is 3.86. The fourth-order valence-corrected chi connectivity index (χ4v) is 10.3. The first kappa shape index (κ1) is 44.2. The van der Waals surface area contributed by atoms with E-state index in [1.165, 1.54) is 24.1 Å². The van der Waals surface area contributed by atoms with Crippen LogP contribution in [0.3, 0.4) is 0 Å². The fraction of sp³-hybridized carbons (Fsp3) is 0.400. The second kappa shape index (κ2) is 17.5. The number of piperidine rings is 1. The smallest absolute Gasteiger partial charge is 0.328 e. The highest BCUT2D eigenvalue weighted by Gasteiger charge is 2.44. The first-order valence-corrected chi connectivity index (χ1v) is 23.1. The molecule has 3 aliphatic heterocycles. The number of nitrogens with two attached hydrogens (primary N) is 1. The number of nitrogens with zero attached hydrogens (tertiary/aromatic N) is 7. The summed E-state index contributed by atoms with van der Waals surface area (Å²) in [5.74, 6) is 0.109. The van der Waals surface area contributed by atoms with Crippen LogP contribution in [0.5, 0.6) is 5.75 Å². The molecule has 17 heteroatoms. The van der Waals surface area contributed by atoms with Crippen molar-refractivity contribution < 1.29 is 28.2 Å². The number of piperazine rings is 1. The van der Waals surface area contributed by atoms with E-state index < -0.39 is 17.4 Å². The van der Waals surface area contributed by atoms with Gasteiger partial charge in [-0.15, -0.1) is 0 Å². The van der Waals surface area contributed by atoms with Crippen molar-refractivity contribution in [1.82, 2.24) is 34.6 Å². The molecule has 6 aromatic rings. The zero-order valence-electron chi connectivity index (χ0n) is 38.1. The molecule has 348 valence electrons. The van der Waals surface area contributed by atoms with Crippen molar-refractivity contribution in [3.8, 4) is 16.9 Å². The number of nitrogens with one attached hydrogen (secondary N) is 2. The van der Waals surface area contributed by atoms with Gasteiger partial charge in [0.05, 0.1) is 30.1 Å². The van der Waals surface area contributed by atoms with Crippen LogP contribution in [-0.4, -0.2) is 118 Å². The minimum atomic E-state index is -1.29. The first-order chi connectivity index (χ1) is 32.3. The number of ether oxygens (including phenoxy) is 2. The minimum absolute atomic E-state index is 0.00858. The fourth-order valence-electron chi connectivity index (χ4n) is 10.3. The predicted octanol–water partition coefficient (Wildman–Crippen LogP) is 5.66. The Morgan fingerprint density at radius 1 is 0.925 bits per heavy atom. The van der Waals surface area contributed by atoms with E-state index >= 15 is 4.39 Å². The lowest BCUT2D eigenvalue weighted by Gasteiger charge is -2.49. The summed E-state index contributed by atoms with van der Waals surface area (Å²) in [6.07, 6.45) is 7.09. The number of hydrogen-bond acceptors (Lipinski definition) is 11. The molecule has 67 heavy (non-hydrogen) atoms. The number of aromatic amines is 1. The molecule has 0 spiro atoms. The summed E-state index contributed by atoms with van der Waals surface area (Å²) in [6, 6.07) is 19.1. The number of fused-ring (bicyclic) bond motifs is 2. The second-order valence-electron chi connectivity index (χ2n) is 18.4. The highest BCUT2D eigenvalue weighted by Crippen LogP contribution is 2.43. The molecule has 3 aromatic heterocycles. The molecule has 0 bridgehead atoms. The summed E-state index contributed by atoms with van der Waals surface area (Å²) in [5.41, 5.74) is 10.3. The molecule has 0 radical (unpaired) electrons. The van der Waals surface area contributed by atoms with Crippen LogP contribution >= 0.6 is 0 Å². The summed E-state index contributed by atoms with van der Waals surface area (Å²) in [4.78, 5) is 73.5. The van der Waals surface area contributed by atoms with E-state index in [9.17, 15) is 19.2 Å². The number of hydrogen-bond donors (Lipinski definition) is 3. The lowest BCUT2D eigenvalue weighted by atomic mass is 9.86. The third-order valence-corrected chi connectivity index (χ3v) is 14.0.